The Labute approximate surface area is 143 Å². The third kappa shape index (κ3) is 3.31. The summed E-state index contributed by atoms with van der Waals surface area (Å²) in [5, 5.41) is 4.34. The number of benzene rings is 2. The van der Waals surface area contributed by atoms with Gasteiger partial charge in [0, 0.05) is 0 Å². The molecule has 0 bridgehead atoms. The molecule has 0 aliphatic heterocycles. The molecule has 0 nitrogen and oxygen atoms in total. The van der Waals surface area contributed by atoms with Crippen molar-refractivity contribution in [3.05, 3.63) is 49.0 Å². The van der Waals surface area contributed by atoms with Gasteiger partial charge >= 0.3 is 18.9 Å². The van der Waals surface area contributed by atoms with E-state index >= 15 is 0 Å². The molecule has 2 rings (SSSR count). The molecule has 0 saturated carbocycles. The van der Waals surface area contributed by atoms with Crippen molar-refractivity contribution in [2.75, 3.05) is 0 Å². The van der Waals surface area contributed by atoms with Crippen molar-refractivity contribution in [1.82, 2.24) is 0 Å². The van der Waals surface area contributed by atoms with Crippen LogP contribution in [0.5, 0.6) is 0 Å². The molecule has 0 N–H and O–H groups in total. The largest absolute Gasteiger partial charge is 1.00 e. The molecular weight excluding hydrogens is 263 g/mol. The molecule has 0 radical (unpaired) electrons. The first-order valence-corrected chi connectivity index (χ1v) is 10.2. The minimum Gasteiger partial charge on any atom is -0.337 e. The van der Waals surface area contributed by atoms with Gasteiger partial charge in [0.15, 0.2) is 0 Å². The van der Waals surface area contributed by atoms with Crippen LogP contribution >= 0.6 is 0 Å². The van der Waals surface area contributed by atoms with Crippen LogP contribution in [0, 0.1) is 6.55 Å². The van der Waals surface area contributed by atoms with Crippen LogP contribution in [0.1, 0.15) is 40.5 Å². The smallest absolute Gasteiger partial charge is 0.337 e. The van der Waals surface area contributed by atoms with E-state index in [0.29, 0.717) is 11.1 Å². The van der Waals surface area contributed by atoms with Crippen LogP contribution in [0.4, 0.5) is 0 Å². The number of rotatable bonds is 5. The summed E-state index contributed by atoms with van der Waals surface area (Å²) in [6.45, 7) is 14.3. The van der Waals surface area contributed by atoms with E-state index in [1.54, 1.807) is 5.19 Å². The molecule has 0 heterocycles. The molecule has 0 aliphatic carbocycles. The first-order valence-electron chi connectivity index (χ1n) is 7.89. The topological polar surface area (TPSA) is 0 Å². The Morgan fingerprint density at radius 1 is 0.905 bits per heavy atom. The van der Waals surface area contributed by atoms with Crippen LogP contribution in [-0.4, -0.2) is 8.07 Å². The average molecular weight is 290 g/mol. The Morgan fingerprint density at radius 2 is 1.43 bits per heavy atom. The third-order valence-corrected chi connectivity index (χ3v) is 11.0. The summed E-state index contributed by atoms with van der Waals surface area (Å²) >= 11 is 0. The Kier molecular flexibility index (Phi) is 6.79. The van der Waals surface area contributed by atoms with E-state index in [-0.39, 0.29) is 18.9 Å². The van der Waals surface area contributed by atoms with E-state index in [1.165, 1.54) is 23.6 Å². The summed E-state index contributed by atoms with van der Waals surface area (Å²) in [7, 11) is -1.75. The molecule has 2 unspecified atom stereocenters. The number of hydrogen-bond donors (Lipinski definition) is 0. The van der Waals surface area contributed by atoms with Crippen LogP contribution in [0.15, 0.2) is 42.5 Å². The van der Waals surface area contributed by atoms with Crippen LogP contribution in [0.3, 0.4) is 0 Å². The zero-order valence-electron chi connectivity index (χ0n) is 14.3. The summed E-state index contributed by atoms with van der Waals surface area (Å²) in [4.78, 5) is 0. The molecule has 2 atom stereocenters. The normalized spacial score (nSPS) is 16.8. The summed E-state index contributed by atoms with van der Waals surface area (Å²) in [6.07, 6.45) is 2.45. The Balaban J connectivity index is 0.00000220. The third-order valence-electron chi connectivity index (χ3n) is 5.27. The van der Waals surface area contributed by atoms with Crippen molar-refractivity contribution in [2.45, 2.75) is 51.6 Å². The van der Waals surface area contributed by atoms with Gasteiger partial charge in [-0.15, -0.1) is 0 Å². The molecule has 2 aromatic rings. The number of fused-ring (bicyclic) bond motifs is 1. The second-order valence-electron chi connectivity index (χ2n) is 6.19. The second-order valence-corrected chi connectivity index (χ2v) is 10.8. The quantitative estimate of drug-likeness (QED) is 0.586. The fraction of sp³-hybridized carbons (Fsp3) is 0.421. The molecule has 2 heteroatoms. The zero-order chi connectivity index (χ0) is 14.8. The Bertz CT molecular complexity index is 563. The standard InChI is InChI=1S/C19H27Si.Li/c1-6-15(3)20(5,16(4)7-2)19-14-10-12-17-11-8-9-13-18(17)19;/h8-16H,5-7H2,1-4H3;/q-1;+1. The van der Waals surface area contributed by atoms with Crippen molar-refractivity contribution in [1.29, 1.82) is 0 Å². The monoisotopic (exact) mass is 290 g/mol. The van der Waals surface area contributed by atoms with Crippen LogP contribution < -0.4 is 24.0 Å². The van der Waals surface area contributed by atoms with Crippen LogP contribution in [0.2, 0.25) is 11.1 Å². The van der Waals surface area contributed by atoms with Crippen molar-refractivity contribution in [2.24, 2.45) is 0 Å². The van der Waals surface area contributed by atoms with Gasteiger partial charge in [0.25, 0.3) is 0 Å². The van der Waals surface area contributed by atoms with Gasteiger partial charge in [0.2, 0.25) is 0 Å². The van der Waals surface area contributed by atoms with Crippen molar-refractivity contribution in [3.8, 4) is 0 Å². The van der Waals surface area contributed by atoms with Gasteiger partial charge in [-0.25, -0.2) is 0 Å². The summed E-state index contributed by atoms with van der Waals surface area (Å²) < 4.78 is 0. The van der Waals surface area contributed by atoms with Crippen molar-refractivity contribution in [3.63, 3.8) is 0 Å². The van der Waals surface area contributed by atoms with Crippen LogP contribution in [0.25, 0.3) is 10.8 Å². The van der Waals surface area contributed by atoms with E-state index in [4.69, 9.17) is 6.55 Å². The Hall–Kier alpha value is -0.486. The first-order chi connectivity index (χ1) is 9.55. The minimum absolute atomic E-state index is 0. The summed E-state index contributed by atoms with van der Waals surface area (Å²) in [5.74, 6) is 0. The molecule has 0 amide bonds. The maximum Gasteiger partial charge on any atom is 1.00 e. The molecule has 2 aromatic carbocycles. The molecule has 0 fully saturated rings. The van der Waals surface area contributed by atoms with Gasteiger partial charge in [-0.3, -0.25) is 0 Å². The van der Waals surface area contributed by atoms with E-state index in [9.17, 15) is 0 Å². The van der Waals surface area contributed by atoms with Gasteiger partial charge in [0.05, 0.1) is 0 Å². The maximum absolute atomic E-state index is 4.87. The first kappa shape index (κ1) is 18.6. The minimum atomic E-state index is -1.75. The zero-order valence-corrected chi connectivity index (χ0v) is 15.3. The number of hydrogen-bond acceptors (Lipinski definition) is 0. The van der Waals surface area contributed by atoms with Crippen molar-refractivity contribution < 1.29 is 18.9 Å². The Morgan fingerprint density at radius 3 is 2.00 bits per heavy atom. The molecule has 21 heavy (non-hydrogen) atoms. The second kappa shape index (κ2) is 7.68. The average Bonchev–Trinajstić information content (AvgIpc) is 2.51. The summed E-state index contributed by atoms with van der Waals surface area (Å²) in [6, 6.07) is 15.6. The fourth-order valence-corrected chi connectivity index (χ4v) is 8.00. The van der Waals surface area contributed by atoms with Crippen LogP contribution in [-0.2, 0) is 0 Å². The molecule has 0 aromatic heterocycles. The van der Waals surface area contributed by atoms with Gasteiger partial charge < -0.3 is 6.55 Å². The molecule has 108 valence electrons. The van der Waals surface area contributed by atoms with Gasteiger partial charge in [-0.05, 0) is 10.8 Å². The predicted molar refractivity (Wildman–Crippen MR) is 94.1 cm³/mol. The molecule has 0 spiro atoms. The fourth-order valence-electron chi connectivity index (χ4n) is 3.38. The molecular formula is C19H27LiSi. The SMILES string of the molecule is [CH2-][Si](c1cccc2ccccc12)(C(C)CC)C(C)CC.[Li+]. The van der Waals surface area contributed by atoms with Gasteiger partial charge in [0.1, 0.15) is 0 Å². The molecule has 0 saturated heterocycles. The van der Waals surface area contributed by atoms with Crippen molar-refractivity contribution >= 4 is 24.0 Å². The predicted octanol–water partition coefficient (Wildman–Crippen LogP) is 2.47. The van der Waals surface area contributed by atoms with E-state index in [1.807, 2.05) is 0 Å². The van der Waals surface area contributed by atoms with Gasteiger partial charge in [-0.2, -0.15) is 0 Å². The van der Waals surface area contributed by atoms with E-state index < -0.39 is 8.07 Å². The van der Waals surface area contributed by atoms with E-state index in [0.717, 1.165) is 0 Å². The maximum atomic E-state index is 4.87. The van der Waals surface area contributed by atoms with Gasteiger partial charge in [-0.1, -0.05) is 107 Å². The summed E-state index contributed by atoms with van der Waals surface area (Å²) in [5.41, 5.74) is 1.42. The molecule has 0 aliphatic rings. The van der Waals surface area contributed by atoms with E-state index in [2.05, 4.69) is 70.2 Å².